The maximum Gasteiger partial charge on any atom is 0.410 e. The van der Waals surface area contributed by atoms with Gasteiger partial charge in [0.15, 0.2) is 9.84 Å². The van der Waals surface area contributed by atoms with Crippen molar-refractivity contribution in [2.24, 2.45) is 11.8 Å². The normalized spacial score (nSPS) is 24.8. The van der Waals surface area contributed by atoms with Crippen LogP contribution in [-0.2, 0) is 14.6 Å². The lowest BCUT2D eigenvalue weighted by atomic mass is 9.75. The third-order valence-corrected chi connectivity index (χ3v) is 11.0. The fourth-order valence-corrected chi connectivity index (χ4v) is 8.33. The Labute approximate surface area is 252 Å². The molecule has 0 radical (unpaired) electrons. The highest BCUT2D eigenvalue weighted by molar-refractivity contribution is 7.93. The Kier molecular flexibility index (Phi) is 9.67. The second-order valence-corrected chi connectivity index (χ2v) is 15.2. The molecule has 8 nitrogen and oxygen atoms in total. The van der Waals surface area contributed by atoms with E-state index in [0.717, 1.165) is 87.9 Å². The number of hydrogen-bond acceptors (Lipinski definition) is 6. The van der Waals surface area contributed by atoms with E-state index in [1.807, 2.05) is 41.8 Å². The van der Waals surface area contributed by atoms with Gasteiger partial charge < -0.3 is 14.5 Å². The molecule has 1 aromatic rings. The highest BCUT2D eigenvalue weighted by Crippen LogP contribution is 2.42. The van der Waals surface area contributed by atoms with Gasteiger partial charge in [-0.1, -0.05) is 43.5 Å². The van der Waals surface area contributed by atoms with Gasteiger partial charge in [-0.2, -0.15) is 0 Å². The minimum Gasteiger partial charge on any atom is -0.442 e. The van der Waals surface area contributed by atoms with Gasteiger partial charge in [0, 0.05) is 81.3 Å². The van der Waals surface area contributed by atoms with Gasteiger partial charge in [-0.25, -0.2) is 13.2 Å². The van der Waals surface area contributed by atoms with Crippen LogP contribution in [0.4, 0.5) is 4.79 Å². The summed E-state index contributed by atoms with van der Waals surface area (Å²) in [5, 5.41) is 1.30. The summed E-state index contributed by atoms with van der Waals surface area (Å²) in [5.74, 6) is 0.733. The Morgan fingerprint density at radius 3 is 2.26 bits per heavy atom. The van der Waals surface area contributed by atoms with E-state index in [1.54, 1.807) is 6.08 Å². The lowest BCUT2D eigenvalue weighted by Gasteiger charge is -2.52. The standard InChI is InChI=1S/C33H49N3O5S/c1-25-9-7-10-26(2)30(25)31(37)35-18-14-29(15-19-35)34-20-16-33(17-21-34)28(13-8-22-42(3,39)40)24-36(32(38)41-33)23-27-11-5-4-6-12-27/h7-10,22,27-29H,4-6,11-21,23-24H2,1-3H3/b22-8+. The molecule has 3 saturated heterocycles. The summed E-state index contributed by atoms with van der Waals surface area (Å²) in [4.78, 5) is 33.0. The van der Waals surface area contributed by atoms with Gasteiger partial charge in [-0.15, -0.1) is 0 Å². The fraction of sp³-hybridized carbons (Fsp3) is 0.697. The fourth-order valence-electron chi connectivity index (χ4n) is 7.87. The predicted molar refractivity (Wildman–Crippen MR) is 165 cm³/mol. The third-order valence-electron chi connectivity index (χ3n) is 10.3. The first kappa shape index (κ1) is 31.0. The maximum atomic E-state index is 13.3. The van der Waals surface area contributed by atoms with Crippen LogP contribution in [0, 0.1) is 25.7 Å². The van der Waals surface area contributed by atoms with Crippen LogP contribution in [0.25, 0.3) is 0 Å². The van der Waals surface area contributed by atoms with Crippen LogP contribution in [0.3, 0.4) is 0 Å². The molecule has 4 fully saturated rings. The van der Waals surface area contributed by atoms with E-state index in [9.17, 15) is 18.0 Å². The highest BCUT2D eigenvalue weighted by atomic mass is 32.2. The molecule has 0 N–H and O–H groups in total. The number of ether oxygens (including phenoxy) is 1. The number of hydrogen-bond donors (Lipinski definition) is 0. The number of rotatable bonds is 7. The monoisotopic (exact) mass is 599 g/mol. The van der Waals surface area contributed by atoms with Gasteiger partial charge in [0.05, 0.1) is 0 Å². The summed E-state index contributed by atoms with van der Waals surface area (Å²) in [5.41, 5.74) is 2.34. The average molecular weight is 600 g/mol. The number of piperidine rings is 2. The summed E-state index contributed by atoms with van der Waals surface area (Å²) in [7, 11) is -3.21. The molecule has 0 bridgehead atoms. The molecule has 9 heteroatoms. The number of benzene rings is 1. The lowest BCUT2D eigenvalue weighted by Crippen LogP contribution is -2.61. The maximum absolute atomic E-state index is 13.3. The van der Waals surface area contributed by atoms with Crippen LogP contribution in [0.5, 0.6) is 0 Å². The third kappa shape index (κ3) is 7.21. The van der Waals surface area contributed by atoms with Crippen molar-refractivity contribution in [2.75, 3.05) is 45.5 Å². The second-order valence-electron chi connectivity index (χ2n) is 13.3. The van der Waals surface area contributed by atoms with E-state index in [-0.39, 0.29) is 17.9 Å². The Bertz CT molecular complexity index is 1240. The van der Waals surface area contributed by atoms with Crippen molar-refractivity contribution >= 4 is 21.8 Å². The quantitative estimate of drug-likeness (QED) is 0.421. The zero-order chi connectivity index (χ0) is 29.9. The van der Waals surface area contributed by atoms with E-state index in [0.29, 0.717) is 24.9 Å². The van der Waals surface area contributed by atoms with Gasteiger partial charge >= 0.3 is 6.09 Å². The smallest absolute Gasteiger partial charge is 0.410 e. The van der Waals surface area contributed by atoms with E-state index < -0.39 is 15.4 Å². The van der Waals surface area contributed by atoms with E-state index in [1.165, 1.54) is 30.9 Å². The van der Waals surface area contributed by atoms with Crippen LogP contribution in [0.1, 0.15) is 85.7 Å². The van der Waals surface area contributed by atoms with E-state index in [2.05, 4.69) is 4.90 Å². The molecule has 1 aliphatic carbocycles. The van der Waals surface area contributed by atoms with E-state index in [4.69, 9.17) is 4.74 Å². The number of aryl methyl sites for hydroxylation is 2. The lowest BCUT2D eigenvalue weighted by molar-refractivity contribution is -0.124. The molecule has 42 heavy (non-hydrogen) atoms. The molecule has 1 aromatic carbocycles. The number of carbonyl (C=O) groups excluding carboxylic acids is 2. The van der Waals surface area contributed by atoms with Crippen LogP contribution in [0.15, 0.2) is 29.7 Å². The Morgan fingerprint density at radius 2 is 1.64 bits per heavy atom. The first-order valence-corrected chi connectivity index (χ1v) is 17.9. The second kappa shape index (κ2) is 13.1. The minimum absolute atomic E-state index is 0.0655. The molecule has 4 aliphatic rings. The van der Waals surface area contributed by atoms with Gasteiger partial charge in [0.2, 0.25) is 0 Å². The minimum atomic E-state index is -3.21. The zero-order valence-corrected chi connectivity index (χ0v) is 26.5. The topological polar surface area (TPSA) is 87.2 Å². The highest BCUT2D eigenvalue weighted by Gasteiger charge is 2.50. The first-order valence-electron chi connectivity index (χ1n) is 16.0. The summed E-state index contributed by atoms with van der Waals surface area (Å²) in [6, 6.07) is 6.43. The Balaban J connectivity index is 1.20. The molecule has 3 heterocycles. The van der Waals surface area contributed by atoms with Crippen molar-refractivity contribution in [1.82, 2.24) is 14.7 Å². The van der Waals surface area contributed by atoms with Crippen molar-refractivity contribution in [1.29, 1.82) is 0 Å². The molecule has 0 aromatic heterocycles. The van der Waals surface area contributed by atoms with Crippen molar-refractivity contribution in [3.05, 3.63) is 46.4 Å². The van der Waals surface area contributed by atoms with Crippen LogP contribution < -0.4 is 0 Å². The van der Waals surface area contributed by atoms with Crippen molar-refractivity contribution in [3.8, 4) is 0 Å². The van der Waals surface area contributed by atoms with Crippen LogP contribution in [-0.4, -0.2) is 92.3 Å². The van der Waals surface area contributed by atoms with Crippen LogP contribution in [0.2, 0.25) is 0 Å². The number of amides is 2. The first-order chi connectivity index (χ1) is 20.0. The molecule has 1 unspecified atom stereocenters. The Morgan fingerprint density at radius 1 is 1.00 bits per heavy atom. The molecule has 2 amide bonds. The largest absolute Gasteiger partial charge is 0.442 e. The van der Waals surface area contributed by atoms with E-state index >= 15 is 0 Å². The Hall–Kier alpha value is -2.39. The molecule has 1 saturated carbocycles. The number of likely N-dealkylation sites (tertiary alicyclic amines) is 2. The number of carbonyl (C=O) groups is 2. The number of sulfone groups is 1. The molecular weight excluding hydrogens is 550 g/mol. The van der Waals surface area contributed by atoms with Gasteiger partial charge in [-0.05, 0) is 63.0 Å². The molecule has 3 aliphatic heterocycles. The summed E-state index contributed by atoms with van der Waals surface area (Å²) in [6.07, 6.45) is 12.8. The van der Waals surface area contributed by atoms with Crippen molar-refractivity contribution in [3.63, 3.8) is 0 Å². The molecular formula is C33H49N3O5S. The predicted octanol–water partition coefficient (Wildman–Crippen LogP) is 5.34. The summed E-state index contributed by atoms with van der Waals surface area (Å²) in [6.45, 7) is 8.58. The van der Waals surface area contributed by atoms with Gasteiger partial charge in [0.1, 0.15) is 5.60 Å². The SMILES string of the molecule is Cc1cccc(C)c1C(=O)N1CCC(N2CCC3(CC2)OC(=O)N(CC2CCCCC2)CC3C/C=C/S(C)(=O)=O)CC1. The molecule has 1 atom stereocenters. The molecule has 232 valence electrons. The van der Waals surface area contributed by atoms with Crippen molar-refractivity contribution < 1.29 is 22.7 Å². The summed E-state index contributed by atoms with van der Waals surface area (Å²) >= 11 is 0. The molecule has 1 spiro atoms. The number of nitrogens with zero attached hydrogens (tertiary/aromatic N) is 3. The van der Waals surface area contributed by atoms with Crippen LogP contribution >= 0.6 is 0 Å². The van der Waals surface area contributed by atoms with Gasteiger partial charge in [0.25, 0.3) is 5.91 Å². The van der Waals surface area contributed by atoms with Gasteiger partial charge in [-0.3, -0.25) is 9.69 Å². The summed E-state index contributed by atoms with van der Waals surface area (Å²) < 4.78 is 29.9. The zero-order valence-electron chi connectivity index (χ0n) is 25.7. The molecule has 5 rings (SSSR count). The van der Waals surface area contributed by atoms with Crippen molar-refractivity contribution in [2.45, 2.75) is 89.7 Å². The average Bonchev–Trinajstić information content (AvgIpc) is 2.96. The number of allylic oxidation sites excluding steroid dienone is 1.